The van der Waals surface area contributed by atoms with Crippen LogP contribution in [0.5, 0.6) is 17.2 Å². The van der Waals surface area contributed by atoms with Crippen molar-refractivity contribution in [2.75, 3.05) is 13.7 Å². The predicted molar refractivity (Wildman–Crippen MR) is 119 cm³/mol. The summed E-state index contributed by atoms with van der Waals surface area (Å²) in [6.45, 7) is 6.45. The summed E-state index contributed by atoms with van der Waals surface area (Å²) in [5.74, 6) is 2.24. The van der Waals surface area contributed by atoms with Gasteiger partial charge in [0.1, 0.15) is 23.9 Å². The fraction of sp³-hybridized carbons (Fsp3) is 0.240. The second-order valence-electron chi connectivity index (χ2n) is 7.68. The number of fused-ring (bicyclic) bond motifs is 2. The average molecular weight is 403 g/mol. The molecule has 4 rings (SSSR count). The Morgan fingerprint density at radius 3 is 2.73 bits per heavy atom. The molecule has 0 saturated carbocycles. The Hall–Kier alpha value is -3.47. The maximum atomic E-state index is 13.0. The molecule has 0 N–H and O–H groups in total. The summed E-state index contributed by atoms with van der Waals surface area (Å²) in [5, 5.41) is 0.999. The third kappa shape index (κ3) is 3.47. The zero-order valence-corrected chi connectivity index (χ0v) is 17.9. The molecule has 0 fully saturated rings. The lowest BCUT2D eigenvalue weighted by atomic mass is 10.1. The summed E-state index contributed by atoms with van der Waals surface area (Å²) in [6, 6.07) is 9.50. The van der Waals surface area contributed by atoms with E-state index in [1.807, 2.05) is 68.9 Å². The Balaban J connectivity index is 1.69. The average Bonchev–Trinajstić information content (AvgIpc) is 3.21. The van der Waals surface area contributed by atoms with E-state index < -0.39 is 0 Å². The Bertz CT molecular complexity index is 1210. The van der Waals surface area contributed by atoms with Crippen molar-refractivity contribution in [1.82, 2.24) is 4.57 Å². The highest BCUT2D eigenvalue weighted by Crippen LogP contribution is 2.40. The number of ketones is 1. The van der Waals surface area contributed by atoms with Gasteiger partial charge in [-0.25, -0.2) is 0 Å². The second kappa shape index (κ2) is 7.75. The molecule has 1 aliphatic heterocycles. The molecule has 154 valence electrons. The first kappa shape index (κ1) is 19.8. The van der Waals surface area contributed by atoms with Crippen LogP contribution in [0, 0.1) is 6.92 Å². The number of carbonyl (C=O) groups is 1. The molecule has 0 spiro atoms. The monoisotopic (exact) mass is 403 g/mol. The molecule has 0 radical (unpaired) electrons. The highest BCUT2D eigenvalue weighted by molar-refractivity contribution is 6.15. The van der Waals surface area contributed by atoms with Gasteiger partial charge in [0.15, 0.2) is 5.76 Å². The normalized spacial score (nSPS) is 14.0. The molecule has 1 aromatic heterocycles. The topological polar surface area (TPSA) is 49.7 Å². The van der Waals surface area contributed by atoms with E-state index in [0.717, 1.165) is 33.5 Å². The number of nitrogens with zero attached hydrogens (tertiary/aromatic N) is 1. The van der Waals surface area contributed by atoms with Gasteiger partial charge in [-0.1, -0.05) is 5.57 Å². The van der Waals surface area contributed by atoms with Crippen LogP contribution in [0.15, 0.2) is 53.9 Å². The minimum atomic E-state index is -0.121. The first-order valence-electron chi connectivity index (χ1n) is 9.86. The van der Waals surface area contributed by atoms with Gasteiger partial charge >= 0.3 is 0 Å². The van der Waals surface area contributed by atoms with E-state index in [1.165, 1.54) is 5.57 Å². The van der Waals surface area contributed by atoms with Gasteiger partial charge in [-0.3, -0.25) is 4.79 Å². The van der Waals surface area contributed by atoms with Crippen LogP contribution in [0.4, 0.5) is 0 Å². The summed E-state index contributed by atoms with van der Waals surface area (Å²) >= 11 is 0. The van der Waals surface area contributed by atoms with E-state index in [2.05, 4.69) is 0 Å². The van der Waals surface area contributed by atoms with Crippen molar-refractivity contribution >= 4 is 22.8 Å². The van der Waals surface area contributed by atoms with Crippen molar-refractivity contribution in [3.8, 4) is 17.2 Å². The molecular weight excluding hydrogens is 378 g/mol. The molecular formula is C25H25NO4. The van der Waals surface area contributed by atoms with Crippen molar-refractivity contribution in [3.05, 3.63) is 70.6 Å². The molecule has 0 aliphatic carbocycles. The van der Waals surface area contributed by atoms with Crippen molar-refractivity contribution in [2.24, 2.45) is 7.05 Å². The second-order valence-corrected chi connectivity index (χ2v) is 7.68. The number of aryl methyl sites for hydroxylation is 1. The molecule has 0 atom stereocenters. The number of hydrogen-bond donors (Lipinski definition) is 0. The Labute approximate surface area is 176 Å². The van der Waals surface area contributed by atoms with Crippen LogP contribution in [-0.4, -0.2) is 24.1 Å². The molecule has 2 heterocycles. The lowest BCUT2D eigenvalue weighted by molar-refractivity contribution is 0.101. The van der Waals surface area contributed by atoms with Crippen LogP contribution >= 0.6 is 0 Å². The number of allylic oxidation sites excluding steroid dienone is 2. The van der Waals surface area contributed by atoms with Crippen molar-refractivity contribution < 1.29 is 19.0 Å². The number of rotatable bonds is 5. The van der Waals surface area contributed by atoms with Crippen molar-refractivity contribution in [1.29, 1.82) is 0 Å². The van der Waals surface area contributed by atoms with E-state index >= 15 is 0 Å². The van der Waals surface area contributed by atoms with E-state index in [9.17, 15) is 4.79 Å². The van der Waals surface area contributed by atoms with E-state index in [-0.39, 0.29) is 5.78 Å². The minimum Gasteiger partial charge on any atom is -0.497 e. The van der Waals surface area contributed by atoms with Gasteiger partial charge in [0.2, 0.25) is 5.78 Å². The van der Waals surface area contributed by atoms with Crippen molar-refractivity contribution in [3.63, 3.8) is 0 Å². The fourth-order valence-corrected chi connectivity index (χ4v) is 3.61. The number of carbonyl (C=O) groups excluding carboxylic acids is 1. The third-order valence-electron chi connectivity index (χ3n) is 5.28. The highest BCUT2D eigenvalue weighted by atomic mass is 16.5. The van der Waals surface area contributed by atoms with Crippen molar-refractivity contribution in [2.45, 2.75) is 20.8 Å². The Morgan fingerprint density at radius 2 is 2.00 bits per heavy atom. The molecule has 0 saturated heterocycles. The number of methoxy groups -OCH3 is 1. The first-order chi connectivity index (χ1) is 14.4. The summed E-state index contributed by atoms with van der Waals surface area (Å²) in [4.78, 5) is 13.0. The fourth-order valence-electron chi connectivity index (χ4n) is 3.61. The van der Waals surface area contributed by atoms with Crippen LogP contribution in [0.2, 0.25) is 0 Å². The van der Waals surface area contributed by atoms with Crippen LogP contribution < -0.4 is 14.2 Å². The standard InChI is InChI=1S/C25H25NO4/c1-15(2)10-11-29-22-9-7-19-24(27)23(30-25(19)16(22)3)12-17-14-26(4)21-8-6-18(28-5)13-20(17)21/h6-10,12-14H,11H2,1-5H3/b23-12+. The molecule has 0 bridgehead atoms. The van der Waals surface area contributed by atoms with Gasteiger partial charge in [-0.15, -0.1) is 0 Å². The number of hydrogen-bond acceptors (Lipinski definition) is 4. The molecule has 1 aliphatic rings. The van der Waals surface area contributed by atoms with Gasteiger partial charge in [0.05, 0.1) is 12.7 Å². The summed E-state index contributed by atoms with van der Waals surface area (Å²) in [7, 11) is 3.62. The largest absolute Gasteiger partial charge is 0.497 e. The lowest BCUT2D eigenvalue weighted by Gasteiger charge is -2.10. The number of ether oxygens (including phenoxy) is 3. The molecule has 0 amide bonds. The highest BCUT2D eigenvalue weighted by Gasteiger charge is 2.30. The zero-order chi connectivity index (χ0) is 21.4. The van der Waals surface area contributed by atoms with E-state index in [1.54, 1.807) is 19.3 Å². The van der Waals surface area contributed by atoms with Gasteiger partial charge in [-0.05, 0) is 63.3 Å². The zero-order valence-electron chi connectivity index (χ0n) is 17.9. The van der Waals surface area contributed by atoms with Crippen LogP contribution in [0.1, 0.15) is 35.3 Å². The first-order valence-corrected chi connectivity index (χ1v) is 9.86. The Morgan fingerprint density at radius 1 is 1.20 bits per heavy atom. The Kier molecular flexibility index (Phi) is 5.12. The number of benzene rings is 2. The van der Waals surface area contributed by atoms with E-state index in [0.29, 0.717) is 23.7 Å². The predicted octanol–water partition coefficient (Wildman–Crippen LogP) is 5.46. The maximum Gasteiger partial charge on any atom is 0.231 e. The summed E-state index contributed by atoms with van der Waals surface area (Å²) in [6.07, 6.45) is 5.80. The SMILES string of the molecule is COc1ccc2c(c1)c(/C=C1/Oc3c(ccc(OCC=C(C)C)c3C)C1=O)cn2C. The third-order valence-corrected chi connectivity index (χ3v) is 5.28. The summed E-state index contributed by atoms with van der Waals surface area (Å²) in [5.41, 5.74) is 4.53. The van der Waals surface area contributed by atoms with Gasteiger partial charge in [-0.2, -0.15) is 0 Å². The van der Waals surface area contributed by atoms with Crippen LogP contribution in [0.3, 0.4) is 0 Å². The van der Waals surface area contributed by atoms with E-state index in [4.69, 9.17) is 14.2 Å². The maximum absolute atomic E-state index is 13.0. The van der Waals surface area contributed by atoms with Gasteiger partial charge in [0, 0.05) is 35.3 Å². The van der Waals surface area contributed by atoms with Gasteiger partial charge in [0.25, 0.3) is 0 Å². The molecule has 30 heavy (non-hydrogen) atoms. The molecule has 0 unspecified atom stereocenters. The summed E-state index contributed by atoms with van der Waals surface area (Å²) < 4.78 is 19.2. The van der Waals surface area contributed by atoms with Crippen LogP contribution in [0.25, 0.3) is 17.0 Å². The van der Waals surface area contributed by atoms with Crippen LogP contribution in [-0.2, 0) is 7.05 Å². The van der Waals surface area contributed by atoms with Gasteiger partial charge < -0.3 is 18.8 Å². The number of aromatic nitrogens is 1. The lowest BCUT2D eigenvalue weighted by Crippen LogP contribution is -1.98. The molecule has 5 nitrogen and oxygen atoms in total. The number of Topliss-reactive ketones (excluding diaryl/α,β-unsaturated/α-hetero) is 1. The molecule has 5 heteroatoms. The molecule has 3 aromatic rings. The smallest absolute Gasteiger partial charge is 0.231 e. The minimum absolute atomic E-state index is 0.121. The molecule has 2 aromatic carbocycles. The quantitative estimate of drug-likeness (QED) is 0.419.